The zero-order valence-corrected chi connectivity index (χ0v) is 10.6. The molecule has 1 aromatic heterocycles. The number of nitrogens with two attached hydrogens (primary N) is 1. The van der Waals surface area contributed by atoms with Crippen molar-refractivity contribution < 1.29 is 13.2 Å². The van der Waals surface area contributed by atoms with E-state index in [1.54, 1.807) is 18.3 Å². The molecule has 0 aliphatic carbocycles. The summed E-state index contributed by atoms with van der Waals surface area (Å²) in [5.41, 5.74) is 6.27. The number of nitrogens with one attached hydrogen (secondary N) is 1. The van der Waals surface area contributed by atoms with Gasteiger partial charge in [0.2, 0.25) is 0 Å². The number of aromatic nitrogens is 1. The van der Waals surface area contributed by atoms with Crippen LogP contribution in [0.2, 0.25) is 0 Å². The average Bonchev–Trinajstić information content (AvgIpc) is 2.45. The molecular weight excluding hydrogens is 267 g/mol. The number of pyridine rings is 1. The highest BCUT2D eigenvalue weighted by Gasteiger charge is 2.30. The predicted octanol–water partition coefficient (Wildman–Crippen LogP) is 3.17. The van der Waals surface area contributed by atoms with E-state index in [1.807, 2.05) is 6.07 Å². The first-order chi connectivity index (χ1) is 9.50. The van der Waals surface area contributed by atoms with Crippen LogP contribution in [0.3, 0.4) is 0 Å². The normalized spacial score (nSPS) is 11.4. The van der Waals surface area contributed by atoms with Crippen LogP contribution in [-0.4, -0.2) is 4.98 Å². The zero-order valence-electron chi connectivity index (χ0n) is 10.6. The van der Waals surface area contributed by atoms with Crippen molar-refractivity contribution in [3.63, 3.8) is 0 Å². The summed E-state index contributed by atoms with van der Waals surface area (Å²) >= 11 is 0. The maximum Gasteiger partial charge on any atom is 0.416 e. The third kappa shape index (κ3) is 3.48. The molecule has 1 heterocycles. The maximum absolute atomic E-state index is 12.6. The summed E-state index contributed by atoms with van der Waals surface area (Å²) in [4.78, 5) is 4.12. The number of rotatable bonds is 4. The van der Waals surface area contributed by atoms with Crippen molar-refractivity contribution in [1.82, 2.24) is 4.98 Å². The van der Waals surface area contributed by atoms with Crippen molar-refractivity contribution in [2.24, 2.45) is 5.73 Å². The molecule has 6 heteroatoms. The molecule has 0 radical (unpaired) electrons. The lowest BCUT2D eigenvalue weighted by atomic mass is 10.1. The number of alkyl halides is 3. The molecule has 0 unspecified atom stereocenters. The lowest BCUT2D eigenvalue weighted by Gasteiger charge is -2.11. The first-order valence-corrected chi connectivity index (χ1v) is 6.04. The molecule has 0 saturated carbocycles. The van der Waals surface area contributed by atoms with Gasteiger partial charge in [0, 0.05) is 24.8 Å². The summed E-state index contributed by atoms with van der Waals surface area (Å²) in [6, 6.07) is 8.78. The molecule has 2 aromatic rings. The summed E-state index contributed by atoms with van der Waals surface area (Å²) < 4.78 is 37.8. The second kappa shape index (κ2) is 5.92. The van der Waals surface area contributed by atoms with E-state index in [1.165, 1.54) is 6.07 Å². The molecule has 0 spiro atoms. The van der Waals surface area contributed by atoms with Gasteiger partial charge in [-0.15, -0.1) is 0 Å². The van der Waals surface area contributed by atoms with Crippen LogP contribution in [0, 0.1) is 0 Å². The van der Waals surface area contributed by atoms with Gasteiger partial charge in [0.25, 0.3) is 0 Å². The van der Waals surface area contributed by atoms with Crippen molar-refractivity contribution in [2.45, 2.75) is 19.3 Å². The van der Waals surface area contributed by atoms with E-state index < -0.39 is 11.7 Å². The van der Waals surface area contributed by atoms with E-state index in [2.05, 4.69) is 10.3 Å². The number of benzene rings is 1. The highest BCUT2D eigenvalue weighted by atomic mass is 19.4. The molecule has 0 fully saturated rings. The summed E-state index contributed by atoms with van der Waals surface area (Å²) in [7, 11) is 0. The fraction of sp³-hybridized carbons (Fsp3) is 0.214. The third-order valence-electron chi connectivity index (χ3n) is 2.83. The van der Waals surface area contributed by atoms with Gasteiger partial charge in [-0.25, -0.2) is 4.98 Å². The Balaban J connectivity index is 2.11. The standard InChI is InChI=1S/C14H14F3N3/c15-14(16,17)12-5-1-3-10(7-12)9-20-13-11(8-18)4-2-6-19-13/h1-7H,8-9,18H2,(H,19,20). The van der Waals surface area contributed by atoms with E-state index in [-0.39, 0.29) is 6.54 Å². The number of halogens is 3. The van der Waals surface area contributed by atoms with Crippen LogP contribution in [0.25, 0.3) is 0 Å². The Bertz CT molecular complexity index is 582. The van der Waals surface area contributed by atoms with Crippen molar-refractivity contribution in [3.8, 4) is 0 Å². The topological polar surface area (TPSA) is 50.9 Å². The molecule has 2 rings (SSSR count). The fourth-order valence-electron chi connectivity index (χ4n) is 1.81. The van der Waals surface area contributed by atoms with Gasteiger partial charge in [-0.1, -0.05) is 18.2 Å². The highest BCUT2D eigenvalue weighted by molar-refractivity contribution is 5.44. The molecule has 3 nitrogen and oxygen atoms in total. The molecule has 0 saturated heterocycles. The average molecular weight is 281 g/mol. The van der Waals surface area contributed by atoms with E-state index in [0.29, 0.717) is 17.9 Å². The molecule has 3 N–H and O–H groups in total. The Morgan fingerprint density at radius 1 is 1.15 bits per heavy atom. The van der Waals surface area contributed by atoms with E-state index in [4.69, 9.17) is 5.73 Å². The summed E-state index contributed by atoms with van der Waals surface area (Å²) in [5, 5.41) is 3.00. The zero-order chi connectivity index (χ0) is 14.6. The number of hydrogen-bond donors (Lipinski definition) is 2. The van der Waals surface area contributed by atoms with Crippen LogP contribution < -0.4 is 11.1 Å². The molecule has 0 aliphatic rings. The van der Waals surface area contributed by atoms with Crippen molar-refractivity contribution in [3.05, 3.63) is 59.3 Å². The Kier molecular flexibility index (Phi) is 4.24. The summed E-state index contributed by atoms with van der Waals surface area (Å²) in [5.74, 6) is 0.590. The molecule has 1 aromatic carbocycles. The maximum atomic E-state index is 12.6. The lowest BCUT2D eigenvalue weighted by Crippen LogP contribution is -2.09. The van der Waals surface area contributed by atoms with Crippen LogP contribution in [-0.2, 0) is 19.3 Å². The second-order valence-corrected chi connectivity index (χ2v) is 4.27. The van der Waals surface area contributed by atoms with E-state index in [0.717, 1.165) is 17.7 Å². The largest absolute Gasteiger partial charge is 0.416 e. The van der Waals surface area contributed by atoms with Crippen LogP contribution in [0.5, 0.6) is 0 Å². The Morgan fingerprint density at radius 3 is 2.65 bits per heavy atom. The van der Waals surface area contributed by atoms with E-state index >= 15 is 0 Å². The van der Waals surface area contributed by atoms with Gasteiger partial charge in [-0.05, 0) is 23.8 Å². The molecule has 0 bridgehead atoms. The number of hydrogen-bond acceptors (Lipinski definition) is 3. The second-order valence-electron chi connectivity index (χ2n) is 4.27. The fourth-order valence-corrected chi connectivity index (χ4v) is 1.81. The van der Waals surface area contributed by atoms with Gasteiger partial charge in [0.15, 0.2) is 0 Å². The van der Waals surface area contributed by atoms with Crippen molar-refractivity contribution in [2.75, 3.05) is 5.32 Å². The third-order valence-corrected chi connectivity index (χ3v) is 2.83. The van der Waals surface area contributed by atoms with Crippen LogP contribution >= 0.6 is 0 Å². The minimum Gasteiger partial charge on any atom is -0.366 e. The van der Waals surface area contributed by atoms with Gasteiger partial charge in [-0.3, -0.25) is 0 Å². The highest BCUT2D eigenvalue weighted by Crippen LogP contribution is 2.29. The van der Waals surface area contributed by atoms with Gasteiger partial charge in [-0.2, -0.15) is 13.2 Å². The smallest absolute Gasteiger partial charge is 0.366 e. The molecular formula is C14H14F3N3. The molecule has 0 aliphatic heterocycles. The Labute approximate surface area is 114 Å². The van der Waals surface area contributed by atoms with Crippen LogP contribution in [0.4, 0.5) is 19.0 Å². The summed E-state index contributed by atoms with van der Waals surface area (Å²) in [6.07, 6.45) is -2.73. The quantitative estimate of drug-likeness (QED) is 0.905. The Morgan fingerprint density at radius 2 is 1.95 bits per heavy atom. The molecule has 106 valence electrons. The molecule has 20 heavy (non-hydrogen) atoms. The molecule has 0 atom stereocenters. The van der Waals surface area contributed by atoms with Crippen molar-refractivity contribution >= 4 is 5.82 Å². The first-order valence-electron chi connectivity index (χ1n) is 6.04. The SMILES string of the molecule is NCc1cccnc1NCc1cccc(C(F)(F)F)c1. The van der Waals surface area contributed by atoms with Crippen LogP contribution in [0.1, 0.15) is 16.7 Å². The number of nitrogens with zero attached hydrogens (tertiary/aromatic N) is 1. The number of anilines is 1. The molecule has 0 amide bonds. The predicted molar refractivity (Wildman–Crippen MR) is 70.9 cm³/mol. The van der Waals surface area contributed by atoms with Gasteiger partial charge >= 0.3 is 6.18 Å². The minimum atomic E-state index is -4.33. The van der Waals surface area contributed by atoms with Gasteiger partial charge < -0.3 is 11.1 Å². The minimum absolute atomic E-state index is 0.258. The van der Waals surface area contributed by atoms with Gasteiger partial charge in [0.05, 0.1) is 5.56 Å². The van der Waals surface area contributed by atoms with Crippen molar-refractivity contribution in [1.29, 1.82) is 0 Å². The monoisotopic (exact) mass is 281 g/mol. The summed E-state index contributed by atoms with van der Waals surface area (Å²) in [6.45, 7) is 0.576. The van der Waals surface area contributed by atoms with E-state index in [9.17, 15) is 13.2 Å². The Hall–Kier alpha value is -2.08. The lowest BCUT2D eigenvalue weighted by molar-refractivity contribution is -0.137. The van der Waals surface area contributed by atoms with Gasteiger partial charge in [0.1, 0.15) is 5.82 Å². The first kappa shape index (κ1) is 14.3. The van der Waals surface area contributed by atoms with Crippen LogP contribution in [0.15, 0.2) is 42.6 Å².